The molecule has 0 aromatic carbocycles. The number of carbonyl (C=O) groups is 1. The summed E-state index contributed by atoms with van der Waals surface area (Å²) in [6.07, 6.45) is 2.56. The second kappa shape index (κ2) is 5.64. The first-order valence-electron chi connectivity index (χ1n) is 6.25. The van der Waals surface area contributed by atoms with Gasteiger partial charge in [-0.1, -0.05) is 13.8 Å². The second-order valence-corrected chi connectivity index (χ2v) is 4.69. The number of amides is 1. The van der Waals surface area contributed by atoms with Gasteiger partial charge in [-0.15, -0.1) is 5.10 Å². The molecule has 0 spiro atoms. The average molecular weight is 262 g/mol. The van der Waals surface area contributed by atoms with Gasteiger partial charge in [0.1, 0.15) is 5.82 Å². The lowest BCUT2D eigenvalue weighted by Gasteiger charge is -2.00. The zero-order chi connectivity index (χ0) is 13.8. The highest BCUT2D eigenvalue weighted by Gasteiger charge is 2.13. The molecule has 19 heavy (non-hydrogen) atoms. The maximum absolute atomic E-state index is 11.8. The van der Waals surface area contributed by atoms with Crippen LogP contribution in [-0.4, -0.2) is 37.4 Å². The number of hydrogen-bond acceptors (Lipinski definition) is 4. The smallest absolute Gasteiger partial charge is 0.290 e. The third kappa shape index (κ3) is 3.40. The monoisotopic (exact) mass is 262 g/mol. The predicted octanol–water partition coefficient (Wildman–Crippen LogP) is 0.634. The van der Waals surface area contributed by atoms with Crippen molar-refractivity contribution in [2.75, 3.05) is 6.54 Å². The van der Waals surface area contributed by atoms with Gasteiger partial charge in [-0.25, -0.2) is 4.98 Å². The van der Waals surface area contributed by atoms with Gasteiger partial charge in [-0.2, -0.15) is 5.10 Å². The lowest BCUT2D eigenvalue weighted by molar-refractivity contribution is 0.0944. The number of hydrogen-bond donors (Lipinski definition) is 2. The van der Waals surface area contributed by atoms with Crippen LogP contribution in [0.15, 0.2) is 12.3 Å². The van der Waals surface area contributed by atoms with E-state index in [1.165, 1.54) is 0 Å². The predicted molar refractivity (Wildman–Crippen MR) is 69.7 cm³/mol. The van der Waals surface area contributed by atoms with Crippen LogP contribution in [0.3, 0.4) is 0 Å². The van der Waals surface area contributed by atoms with E-state index in [-0.39, 0.29) is 17.6 Å². The zero-order valence-corrected chi connectivity index (χ0v) is 11.3. The van der Waals surface area contributed by atoms with Gasteiger partial charge >= 0.3 is 0 Å². The van der Waals surface area contributed by atoms with Crippen LogP contribution < -0.4 is 5.32 Å². The standard InChI is InChI=1S/C12H18N6O/c1-8(2)10-14-11(16-15-10)12(19)13-6-4-9-5-7-18(3)17-9/h5,7-8H,4,6H2,1-3H3,(H,13,19)(H,14,15,16). The van der Waals surface area contributed by atoms with Gasteiger partial charge in [-0.3, -0.25) is 14.6 Å². The fraction of sp³-hybridized carbons (Fsp3) is 0.500. The molecule has 0 atom stereocenters. The van der Waals surface area contributed by atoms with E-state index in [1.807, 2.05) is 33.2 Å². The van der Waals surface area contributed by atoms with E-state index < -0.39 is 0 Å². The third-order valence-corrected chi connectivity index (χ3v) is 2.69. The fourth-order valence-electron chi connectivity index (χ4n) is 1.61. The van der Waals surface area contributed by atoms with Gasteiger partial charge in [-0.05, 0) is 6.07 Å². The SMILES string of the molecule is CC(C)c1nc(C(=O)NCCc2ccn(C)n2)n[nH]1. The molecule has 0 fully saturated rings. The van der Waals surface area contributed by atoms with Gasteiger partial charge < -0.3 is 5.32 Å². The second-order valence-electron chi connectivity index (χ2n) is 4.69. The molecule has 0 aliphatic heterocycles. The van der Waals surface area contributed by atoms with E-state index >= 15 is 0 Å². The van der Waals surface area contributed by atoms with E-state index in [1.54, 1.807) is 4.68 Å². The first kappa shape index (κ1) is 13.3. The lowest BCUT2D eigenvalue weighted by atomic mass is 10.2. The molecular weight excluding hydrogens is 244 g/mol. The van der Waals surface area contributed by atoms with Crippen molar-refractivity contribution in [3.63, 3.8) is 0 Å². The Morgan fingerprint density at radius 2 is 2.32 bits per heavy atom. The lowest BCUT2D eigenvalue weighted by Crippen LogP contribution is -2.26. The van der Waals surface area contributed by atoms with Crippen LogP contribution in [0.5, 0.6) is 0 Å². The largest absolute Gasteiger partial charge is 0.349 e. The highest BCUT2D eigenvalue weighted by atomic mass is 16.2. The molecule has 0 aliphatic rings. The van der Waals surface area contributed by atoms with Crippen molar-refractivity contribution < 1.29 is 4.79 Å². The molecule has 7 nitrogen and oxygen atoms in total. The number of aryl methyl sites for hydroxylation is 1. The summed E-state index contributed by atoms with van der Waals surface area (Å²) in [5.41, 5.74) is 0.945. The Balaban J connectivity index is 1.83. The Morgan fingerprint density at radius 3 is 2.89 bits per heavy atom. The summed E-state index contributed by atoms with van der Waals surface area (Å²) in [5.74, 6) is 0.862. The quantitative estimate of drug-likeness (QED) is 0.827. The van der Waals surface area contributed by atoms with Crippen molar-refractivity contribution in [3.05, 3.63) is 29.6 Å². The molecule has 2 aromatic heterocycles. The first-order valence-corrected chi connectivity index (χ1v) is 6.25. The van der Waals surface area contributed by atoms with E-state index in [0.29, 0.717) is 13.0 Å². The summed E-state index contributed by atoms with van der Waals surface area (Å²) in [6.45, 7) is 4.49. The minimum absolute atomic E-state index is 0.185. The van der Waals surface area contributed by atoms with Crippen LogP contribution in [0, 0.1) is 0 Å². The molecule has 7 heteroatoms. The summed E-state index contributed by atoms with van der Waals surface area (Å²) in [5, 5.41) is 13.7. The molecule has 2 heterocycles. The maximum atomic E-state index is 11.8. The minimum atomic E-state index is -0.265. The van der Waals surface area contributed by atoms with Crippen LogP contribution in [0.4, 0.5) is 0 Å². The summed E-state index contributed by atoms with van der Waals surface area (Å²) >= 11 is 0. The van der Waals surface area contributed by atoms with Crippen molar-refractivity contribution in [3.8, 4) is 0 Å². The van der Waals surface area contributed by atoms with Crippen LogP contribution in [0.2, 0.25) is 0 Å². The van der Waals surface area contributed by atoms with E-state index in [9.17, 15) is 4.79 Å². The summed E-state index contributed by atoms with van der Waals surface area (Å²) < 4.78 is 1.74. The summed E-state index contributed by atoms with van der Waals surface area (Å²) in [4.78, 5) is 15.9. The van der Waals surface area contributed by atoms with E-state index in [4.69, 9.17) is 0 Å². The minimum Gasteiger partial charge on any atom is -0.349 e. The number of nitrogens with zero attached hydrogens (tertiary/aromatic N) is 4. The van der Waals surface area contributed by atoms with Crippen molar-refractivity contribution in [2.45, 2.75) is 26.2 Å². The number of aromatic nitrogens is 5. The highest BCUT2D eigenvalue weighted by Crippen LogP contribution is 2.07. The van der Waals surface area contributed by atoms with Crippen molar-refractivity contribution in [1.82, 2.24) is 30.3 Å². The Hall–Kier alpha value is -2.18. The van der Waals surface area contributed by atoms with Crippen LogP contribution in [-0.2, 0) is 13.5 Å². The molecule has 2 aromatic rings. The van der Waals surface area contributed by atoms with Crippen molar-refractivity contribution in [2.24, 2.45) is 7.05 Å². The molecule has 0 unspecified atom stereocenters. The van der Waals surface area contributed by atoms with Gasteiger partial charge in [0.05, 0.1) is 5.69 Å². The molecule has 2 N–H and O–H groups in total. The summed E-state index contributed by atoms with van der Waals surface area (Å²) in [7, 11) is 1.86. The normalized spacial score (nSPS) is 10.9. The fourth-order valence-corrected chi connectivity index (χ4v) is 1.61. The topological polar surface area (TPSA) is 88.5 Å². The number of rotatable bonds is 5. The van der Waals surface area contributed by atoms with Crippen LogP contribution >= 0.6 is 0 Å². The molecule has 0 saturated heterocycles. The van der Waals surface area contributed by atoms with Crippen LogP contribution in [0.25, 0.3) is 0 Å². The zero-order valence-electron chi connectivity index (χ0n) is 11.3. The van der Waals surface area contributed by atoms with Crippen molar-refractivity contribution in [1.29, 1.82) is 0 Å². The number of H-pyrrole nitrogens is 1. The Morgan fingerprint density at radius 1 is 1.53 bits per heavy atom. The maximum Gasteiger partial charge on any atom is 0.290 e. The highest BCUT2D eigenvalue weighted by molar-refractivity contribution is 5.90. The van der Waals surface area contributed by atoms with Crippen LogP contribution in [0.1, 0.15) is 41.9 Å². The summed E-state index contributed by atoms with van der Waals surface area (Å²) in [6, 6.07) is 1.93. The van der Waals surface area contributed by atoms with E-state index in [2.05, 4.69) is 25.6 Å². The molecule has 102 valence electrons. The van der Waals surface area contributed by atoms with E-state index in [0.717, 1.165) is 11.5 Å². The Labute approximate surface area is 111 Å². The Bertz CT molecular complexity index is 556. The molecule has 0 radical (unpaired) electrons. The third-order valence-electron chi connectivity index (χ3n) is 2.69. The Kier molecular flexibility index (Phi) is 3.94. The number of carbonyl (C=O) groups excluding carboxylic acids is 1. The number of nitrogens with one attached hydrogen (secondary N) is 2. The first-order chi connectivity index (χ1) is 9.06. The molecule has 0 saturated carbocycles. The average Bonchev–Trinajstić information content (AvgIpc) is 2.98. The molecular formula is C12H18N6O. The number of aromatic amines is 1. The van der Waals surface area contributed by atoms with Crippen molar-refractivity contribution >= 4 is 5.91 Å². The molecule has 1 amide bonds. The van der Waals surface area contributed by atoms with Gasteiger partial charge in [0.25, 0.3) is 5.91 Å². The van der Waals surface area contributed by atoms with Gasteiger partial charge in [0.15, 0.2) is 0 Å². The van der Waals surface area contributed by atoms with Gasteiger partial charge in [0.2, 0.25) is 5.82 Å². The molecule has 0 aliphatic carbocycles. The molecule has 2 rings (SSSR count). The molecule has 0 bridgehead atoms. The van der Waals surface area contributed by atoms with Gasteiger partial charge in [0, 0.05) is 32.1 Å².